The molecule has 0 aromatic rings. The van der Waals surface area contributed by atoms with Crippen molar-refractivity contribution in [2.24, 2.45) is 0 Å². The standard InChI is InChI=1S/C10H21N3O/c1-10(2,3)13-6-5-8(7-13)12-9(14)11-4/h8H,5-7H2,1-4H3,(H2,11,12,14)/t8-/m0/s1. The highest BCUT2D eigenvalue weighted by Crippen LogP contribution is 2.20. The quantitative estimate of drug-likeness (QED) is 0.655. The lowest BCUT2D eigenvalue weighted by Crippen LogP contribution is -2.45. The maximum absolute atomic E-state index is 11.1. The van der Waals surface area contributed by atoms with E-state index in [1.165, 1.54) is 0 Å². The number of likely N-dealkylation sites (tertiary alicyclic amines) is 1. The Morgan fingerprint density at radius 3 is 2.50 bits per heavy atom. The summed E-state index contributed by atoms with van der Waals surface area (Å²) in [5.41, 5.74) is 0.207. The Balaban J connectivity index is 2.38. The maximum atomic E-state index is 11.1. The van der Waals surface area contributed by atoms with Gasteiger partial charge in [0.2, 0.25) is 0 Å². The number of rotatable bonds is 1. The SMILES string of the molecule is CNC(=O)N[C@H]1CCN(C(C)(C)C)C1. The predicted molar refractivity (Wildman–Crippen MR) is 57.3 cm³/mol. The van der Waals surface area contributed by atoms with E-state index in [2.05, 4.69) is 36.3 Å². The van der Waals surface area contributed by atoms with Crippen LogP contribution in [-0.4, -0.2) is 42.6 Å². The topological polar surface area (TPSA) is 44.4 Å². The first-order chi connectivity index (χ1) is 6.43. The third-order valence-corrected chi connectivity index (χ3v) is 2.70. The molecule has 82 valence electrons. The smallest absolute Gasteiger partial charge is 0.314 e. The highest BCUT2D eigenvalue weighted by molar-refractivity contribution is 5.73. The molecule has 0 aromatic heterocycles. The van der Waals surface area contributed by atoms with Crippen LogP contribution >= 0.6 is 0 Å². The Morgan fingerprint density at radius 1 is 1.43 bits per heavy atom. The minimum Gasteiger partial charge on any atom is -0.341 e. The summed E-state index contributed by atoms with van der Waals surface area (Å²) in [6.07, 6.45) is 1.05. The van der Waals surface area contributed by atoms with Crippen molar-refractivity contribution in [1.29, 1.82) is 0 Å². The van der Waals surface area contributed by atoms with Gasteiger partial charge in [0.1, 0.15) is 0 Å². The molecule has 4 nitrogen and oxygen atoms in total. The minimum absolute atomic E-state index is 0.0780. The Morgan fingerprint density at radius 2 is 2.07 bits per heavy atom. The molecule has 1 saturated heterocycles. The van der Waals surface area contributed by atoms with Crippen LogP contribution in [0.2, 0.25) is 0 Å². The molecule has 1 rings (SSSR count). The number of nitrogens with one attached hydrogen (secondary N) is 2. The van der Waals surface area contributed by atoms with E-state index in [0.29, 0.717) is 6.04 Å². The fraction of sp³-hybridized carbons (Fsp3) is 0.900. The van der Waals surface area contributed by atoms with Crippen molar-refractivity contribution in [2.45, 2.75) is 38.8 Å². The second-order valence-corrected chi connectivity index (χ2v) is 4.83. The molecule has 0 radical (unpaired) electrons. The first-order valence-electron chi connectivity index (χ1n) is 5.17. The Kier molecular flexibility index (Phi) is 3.37. The lowest BCUT2D eigenvalue weighted by atomic mass is 10.1. The Bertz CT molecular complexity index is 210. The van der Waals surface area contributed by atoms with Crippen molar-refractivity contribution in [2.75, 3.05) is 20.1 Å². The van der Waals surface area contributed by atoms with E-state index in [1.807, 2.05) is 0 Å². The van der Waals surface area contributed by atoms with E-state index < -0.39 is 0 Å². The van der Waals surface area contributed by atoms with Gasteiger partial charge in [0, 0.05) is 31.7 Å². The molecule has 0 saturated carbocycles. The molecule has 1 aliphatic rings. The lowest BCUT2D eigenvalue weighted by Gasteiger charge is -2.31. The Hall–Kier alpha value is -0.770. The average molecular weight is 199 g/mol. The van der Waals surface area contributed by atoms with Crippen LogP contribution < -0.4 is 10.6 Å². The van der Waals surface area contributed by atoms with Crippen LogP contribution in [-0.2, 0) is 0 Å². The van der Waals surface area contributed by atoms with Crippen LogP contribution in [0.15, 0.2) is 0 Å². The second-order valence-electron chi connectivity index (χ2n) is 4.83. The van der Waals surface area contributed by atoms with Crippen molar-refractivity contribution < 1.29 is 4.79 Å². The number of carbonyl (C=O) groups excluding carboxylic acids is 1. The first kappa shape index (κ1) is 11.3. The number of carbonyl (C=O) groups is 1. The van der Waals surface area contributed by atoms with Crippen molar-refractivity contribution in [1.82, 2.24) is 15.5 Å². The number of amides is 2. The molecule has 1 fully saturated rings. The van der Waals surface area contributed by atoms with Gasteiger partial charge in [-0.05, 0) is 27.2 Å². The zero-order chi connectivity index (χ0) is 10.8. The summed E-state index contributed by atoms with van der Waals surface area (Å²) in [7, 11) is 1.64. The van der Waals surface area contributed by atoms with E-state index in [1.54, 1.807) is 7.05 Å². The van der Waals surface area contributed by atoms with Crippen LogP contribution in [0.3, 0.4) is 0 Å². The van der Waals surface area contributed by atoms with Gasteiger partial charge in [-0.25, -0.2) is 4.79 Å². The molecular weight excluding hydrogens is 178 g/mol. The zero-order valence-corrected chi connectivity index (χ0v) is 9.55. The highest BCUT2D eigenvalue weighted by atomic mass is 16.2. The molecular formula is C10H21N3O. The van der Waals surface area contributed by atoms with Gasteiger partial charge < -0.3 is 10.6 Å². The zero-order valence-electron chi connectivity index (χ0n) is 9.55. The number of hydrogen-bond acceptors (Lipinski definition) is 2. The average Bonchev–Trinajstić information content (AvgIpc) is 2.51. The van der Waals surface area contributed by atoms with Crippen LogP contribution in [0.1, 0.15) is 27.2 Å². The summed E-state index contributed by atoms with van der Waals surface area (Å²) in [5, 5.41) is 5.52. The number of urea groups is 1. The number of hydrogen-bond donors (Lipinski definition) is 2. The van der Waals surface area contributed by atoms with E-state index >= 15 is 0 Å². The fourth-order valence-electron chi connectivity index (χ4n) is 1.74. The van der Waals surface area contributed by atoms with E-state index in [9.17, 15) is 4.79 Å². The third-order valence-electron chi connectivity index (χ3n) is 2.70. The molecule has 1 aliphatic heterocycles. The van der Waals surface area contributed by atoms with Crippen LogP contribution in [0.5, 0.6) is 0 Å². The van der Waals surface area contributed by atoms with Crippen molar-refractivity contribution >= 4 is 6.03 Å². The van der Waals surface area contributed by atoms with Gasteiger partial charge in [0.25, 0.3) is 0 Å². The summed E-state index contributed by atoms with van der Waals surface area (Å²) in [6.45, 7) is 8.63. The normalized spacial score (nSPS) is 23.6. The van der Waals surface area contributed by atoms with Crippen LogP contribution in [0, 0.1) is 0 Å². The molecule has 14 heavy (non-hydrogen) atoms. The summed E-state index contributed by atoms with van der Waals surface area (Å²) < 4.78 is 0. The monoisotopic (exact) mass is 199 g/mol. The highest BCUT2D eigenvalue weighted by Gasteiger charge is 2.30. The molecule has 0 aliphatic carbocycles. The Labute approximate surface area is 86.0 Å². The summed E-state index contributed by atoms with van der Waals surface area (Å²) in [6, 6.07) is 0.222. The molecule has 1 atom stereocenters. The molecule has 4 heteroatoms. The minimum atomic E-state index is -0.0780. The summed E-state index contributed by atoms with van der Waals surface area (Å²) in [5.74, 6) is 0. The van der Waals surface area contributed by atoms with E-state index in [4.69, 9.17) is 0 Å². The van der Waals surface area contributed by atoms with Crippen molar-refractivity contribution in [3.8, 4) is 0 Å². The lowest BCUT2D eigenvalue weighted by molar-refractivity contribution is 0.170. The molecule has 0 bridgehead atoms. The summed E-state index contributed by atoms with van der Waals surface area (Å²) >= 11 is 0. The van der Waals surface area contributed by atoms with E-state index in [0.717, 1.165) is 19.5 Å². The van der Waals surface area contributed by atoms with Crippen LogP contribution in [0.4, 0.5) is 4.79 Å². The fourth-order valence-corrected chi connectivity index (χ4v) is 1.74. The van der Waals surface area contributed by atoms with Gasteiger partial charge in [-0.15, -0.1) is 0 Å². The first-order valence-corrected chi connectivity index (χ1v) is 5.17. The maximum Gasteiger partial charge on any atom is 0.314 e. The van der Waals surface area contributed by atoms with Gasteiger partial charge in [-0.1, -0.05) is 0 Å². The predicted octanol–water partition coefficient (Wildman–Crippen LogP) is 0.788. The van der Waals surface area contributed by atoms with Crippen molar-refractivity contribution in [3.05, 3.63) is 0 Å². The molecule has 0 aromatic carbocycles. The third kappa shape index (κ3) is 2.87. The van der Waals surface area contributed by atoms with Crippen LogP contribution in [0.25, 0.3) is 0 Å². The van der Waals surface area contributed by atoms with E-state index in [-0.39, 0.29) is 11.6 Å². The molecule has 0 spiro atoms. The molecule has 0 unspecified atom stereocenters. The van der Waals surface area contributed by atoms with Gasteiger partial charge >= 0.3 is 6.03 Å². The molecule has 2 N–H and O–H groups in total. The van der Waals surface area contributed by atoms with Gasteiger partial charge in [0.05, 0.1) is 0 Å². The molecule has 1 heterocycles. The van der Waals surface area contributed by atoms with Gasteiger partial charge in [0.15, 0.2) is 0 Å². The second kappa shape index (κ2) is 4.17. The van der Waals surface area contributed by atoms with Gasteiger partial charge in [-0.2, -0.15) is 0 Å². The largest absolute Gasteiger partial charge is 0.341 e. The molecule has 2 amide bonds. The summed E-state index contributed by atoms with van der Waals surface area (Å²) in [4.78, 5) is 13.5. The van der Waals surface area contributed by atoms with Crippen molar-refractivity contribution in [3.63, 3.8) is 0 Å². The van der Waals surface area contributed by atoms with Gasteiger partial charge in [-0.3, -0.25) is 4.90 Å². The number of nitrogens with zero attached hydrogens (tertiary/aromatic N) is 1.